The van der Waals surface area contributed by atoms with Gasteiger partial charge in [0.1, 0.15) is 5.52 Å². The smallest absolute Gasteiger partial charge is 0.238 e. The lowest BCUT2D eigenvalue weighted by atomic mass is 10.1. The van der Waals surface area contributed by atoms with Gasteiger partial charge in [-0.1, -0.05) is 28.9 Å². The van der Waals surface area contributed by atoms with Crippen molar-refractivity contribution in [2.75, 3.05) is 0 Å². The number of hydrogen-bond acceptors (Lipinski definition) is 2. The van der Waals surface area contributed by atoms with E-state index in [-0.39, 0.29) is 0 Å². The quantitative estimate of drug-likeness (QED) is 0.411. The summed E-state index contributed by atoms with van der Waals surface area (Å²) in [6.07, 6.45) is 8.09. The van der Waals surface area contributed by atoms with E-state index in [1.165, 1.54) is 5.39 Å². The van der Waals surface area contributed by atoms with Crippen molar-refractivity contribution in [3.05, 3.63) is 110 Å². The summed E-state index contributed by atoms with van der Waals surface area (Å²) in [5.74, 6) is 0. The van der Waals surface area contributed by atoms with Gasteiger partial charge in [-0.25, -0.2) is 0 Å². The Kier molecular flexibility index (Phi) is 3.74. The Balaban J connectivity index is 1.46. The Morgan fingerprint density at radius 2 is 1.37 bits per heavy atom. The first kappa shape index (κ1) is 16.7. The van der Waals surface area contributed by atoms with Gasteiger partial charge in [-0.2, -0.15) is 4.57 Å². The highest BCUT2D eigenvalue weighted by atomic mass is 15.3. The van der Waals surface area contributed by atoms with Gasteiger partial charge in [-0.3, -0.25) is 4.98 Å². The van der Waals surface area contributed by atoms with Crippen LogP contribution in [-0.4, -0.2) is 10.1 Å². The minimum Gasteiger partial charge on any atom is -0.256 e. The summed E-state index contributed by atoms with van der Waals surface area (Å²) >= 11 is 0. The van der Waals surface area contributed by atoms with Crippen LogP contribution in [0.4, 0.5) is 0 Å². The molecule has 4 nitrogen and oxygen atoms in total. The Labute approximate surface area is 173 Å². The van der Waals surface area contributed by atoms with Crippen LogP contribution in [-0.2, 0) is 0 Å². The zero-order valence-corrected chi connectivity index (χ0v) is 16.2. The molecule has 6 rings (SSSR count). The summed E-state index contributed by atoms with van der Waals surface area (Å²) in [6, 6.07) is 29.2. The molecule has 0 aliphatic heterocycles. The zero-order valence-electron chi connectivity index (χ0n) is 16.2. The van der Waals surface area contributed by atoms with Gasteiger partial charge in [0.15, 0.2) is 12.4 Å². The molecule has 0 radical (unpaired) electrons. The third-order valence-electron chi connectivity index (χ3n) is 5.46. The van der Waals surface area contributed by atoms with E-state index in [9.17, 15) is 0 Å². The van der Waals surface area contributed by atoms with Crippen molar-refractivity contribution in [2.45, 2.75) is 0 Å². The maximum atomic E-state index is 4.77. The molecule has 0 atom stereocenters. The fourth-order valence-electron chi connectivity index (χ4n) is 3.86. The molecule has 3 aromatic carbocycles. The second-order valence-electron chi connectivity index (χ2n) is 7.36. The van der Waals surface area contributed by atoms with E-state index in [0.717, 1.165) is 38.6 Å². The molecule has 6 aromatic rings. The molecule has 0 aliphatic rings. The molecule has 0 bridgehead atoms. The largest absolute Gasteiger partial charge is 0.256 e. The third-order valence-corrected chi connectivity index (χ3v) is 5.46. The summed E-state index contributed by atoms with van der Waals surface area (Å²) in [7, 11) is 0. The van der Waals surface area contributed by atoms with E-state index in [2.05, 4.69) is 82.6 Å². The van der Waals surface area contributed by atoms with Crippen molar-refractivity contribution in [3.63, 3.8) is 0 Å². The molecule has 0 unspecified atom stereocenters. The fraction of sp³-hybridized carbons (Fsp3) is 0. The predicted molar refractivity (Wildman–Crippen MR) is 118 cm³/mol. The van der Waals surface area contributed by atoms with Crippen LogP contribution in [0.5, 0.6) is 0 Å². The SMILES string of the molecule is c1cnc2cc(-[n+]3ccc4ccc(-[n+]5ccc6ccccc6n5)cc4c3)ccc2c1. The van der Waals surface area contributed by atoms with Gasteiger partial charge in [0.25, 0.3) is 0 Å². The van der Waals surface area contributed by atoms with Crippen molar-refractivity contribution in [1.29, 1.82) is 0 Å². The average Bonchev–Trinajstić information content (AvgIpc) is 2.82. The summed E-state index contributed by atoms with van der Waals surface area (Å²) in [5, 5.41) is 9.39. The van der Waals surface area contributed by atoms with Gasteiger partial charge in [-0.15, -0.1) is 0 Å². The van der Waals surface area contributed by atoms with E-state index in [4.69, 9.17) is 5.10 Å². The number of hydrogen-bond donors (Lipinski definition) is 0. The number of aromatic nitrogens is 4. The first-order valence-electron chi connectivity index (χ1n) is 9.92. The van der Waals surface area contributed by atoms with Crippen LogP contribution >= 0.6 is 0 Å². The second kappa shape index (κ2) is 6.71. The minimum absolute atomic E-state index is 0.979. The van der Waals surface area contributed by atoms with Crippen LogP contribution in [0, 0.1) is 0 Å². The van der Waals surface area contributed by atoms with Gasteiger partial charge >= 0.3 is 0 Å². The molecule has 0 aliphatic carbocycles. The Morgan fingerprint density at radius 1 is 0.567 bits per heavy atom. The number of fused-ring (bicyclic) bond motifs is 3. The van der Waals surface area contributed by atoms with Crippen molar-refractivity contribution >= 4 is 32.6 Å². The molecular formula is C26H18N4+2. The lowest BCUT2D eigenvalue weighted by Gasteiger charge is -2.01. The number of benzene rings is 3. The molecule has 0 amide bonds. The number of nitrogens with zero attached hydrogens (tertiary/aromatic N) is 4. The maximum Gasteiger partial charge on any atom is 0.238 e. The monoisotopic (exact) mass is 386 g/mol. The molecular weight excluding hydrogens is 368 g/mol. The molecule has 0 fully saturated rings. The van der Waals surface area contributed by atoms with E-state index < -0.39 is 0 Å². The zero-order chi connectivity index (χ0) is 19.9. The first-order valence-corrected chi connectivity index (χ1v) is 9.92. The van der Waals surface area contributed by atoms with Crippen LogP contribution in [0.2, 0.25) is 0 Å². The first-order chi connectivity index (χ1) is 14.8. The Morgan fingerprint density at radius 3 is 2.37 bits per heavy atom. The Hall–Kier alpha value is -4.18. The van der Waals surface area contributed by atoms with Crippen LogP contribution in [0.1, 0.15) is 0 Å². The van der Waals surface area contributed by atoms with Gasteiger partial charge in [-0.05, 0) is 29.7 Å². The van der Waals surface area contributed by atoms with Crippen molar-refractivity contribution in [1.82, 2.24) is 10.1 Å². The van der Waals surface area contributed by atoms with E-state index in [1.54, 1.807) is 0 Å². The highest BCUT2D eigenvalue weighted by Gasteiger charge is 2.13. The molecule has 0 spiro atoms. The van der Waals surface area contributed by atoms with Gasteiger partial charge in [0, 0.05) is 58.5 Å². The fourth-order valence-corrected chi connectivity index (χ4v) is 3.86. The number of rotatable bonds is 2. The maximum absolute atomic E-state index is 4.77. The van der Waals surface area contributed by atoms with Gasteiger partial charge in [0.2, 0.25) is 17.6 Å². The second-order valence-corrected chi connectivity index (χ2v) is 7.36. The normalized spacial score (nSPS) is 11.3. The van der Waals surface area contributed by atoms with Crippen LogP contribution in [0.15, 0.2) is 110 Å². The molecule has 3 heterocycles. The Bertz CT molecular complexity index is 1440. The molecule has 3 aromatic heterocycles. The van der Waals surface area contributed by atoms with Crippen molar-refractivity contribution in [3.8, 4) is 11.4 Å². The third kappa shape index (κ3) is 2.86. The van der Waals surface area contributed by atoms with E-state index in [1.807, 2.05) is 41.3 Å². The molecule has 0 saturated heterocycles. The highest BCUT2D eigenvalue weighted by Crippen LogP contribution is 2.17. The lowest BCUT2D eigenvalue weighted by molar-refractivity contribution is -0.657. The van der Waals surface area contributed by atoms with Crippen LogP contribution in [0.25, 0.3) is 44.0 Å². The van der Waals surface area contributed by atoms with Gasteiger partial charge in [0.05, 0.1) is 10.9 Å². The summed E-state index contributed by atoms with van der Waals surface area (Å²) < 4.78 is 4.07. The topological polar surface area (TPSA) is 33.5 Å². The molecule has 0 N–H and O–H groups in total. The van der Waals surface area contributed by atoms with E-state index in [0.29, 0.717) is 0 Å². The minimum atomic E-state index is 0.979. The molecule has 140 valence electrons. The van der Waals surface area contributed by atoms with Crippen LogP contribution in [0.3, 0.4) is 0 Å². The van der Waals surface area contributed by atoms with Crippen LogP contribution < -0.4 is 9.25 Å². The average molecular weight is 386 g/mol. The summed E-state index contributed by atoms with van der Waals surface area (Å²) in [6.45, 7) is 0. The molecule has 0 saturated carbocycles. The highest BCUT2D eigenvalue weighted by molar-refractivity contribution is 5.83. The molecule has 4 heteroatoms. The standard InChI is InChI=1S/C26H18N4/c1-2-6-25-21(4-1)12-15-30(28-25)24-10-7-19-11-14-29(18-22(19)16-24)23-9-8-20-5-3-13-27-26(20)17-23/h1-18H/q+2. The van der Waals surface area contributed by atoms with E-state index >= 15 is 0 Å². The lowest BCUT2D eigenvalue weighted by Crippen LogP contribution is -2.34. The van der Waals surface area contributed by atoms with Crippen molar-refractivity contribution in [2.24, 2.45) is 0 Å². The summed E-state index contributed by atoms with van der Waals surface area (Å²) in [5.41, 5.74) is 4.09. The summed E-state index contributed by atoms with van der Waals surface area (Å²) in [4.78, 5) is 4.48. The predicted octanol–water partition coefficient (Wildman–Crippen LogP) is 4.49. The number of pyridine rings is 2. The van der Waals surface area contributed by atoms with Gasteiger partial charge < -0.3 is 0 Å². The molecule has 30 heavy (non-hydrogen) atoms. The van der Waals surface area contributed by atoms with Crippen molar-refractivity contribution < 1.29 is 9.25 Å².